The first-order valence-electron chi connectivity index (χ1n) is 13.6. The first-order chi connectivity index (χ1) is 17.8. The highest BCUT2D eigenvalue weighted by Crippen LogP contribution is 2.30. The van der Waals surface area contributed by atoms with Crippen LogP contribution in [0.5, 0.6) is 0 Å². The third kappa shape index (κ3) is 6.46. The predicted molar refractivity (Wildman–Crippen MR) is 151 cm³/mol. The van der Waals surface area contributed by atoms with Gasteiger partial charge in [-0.3, -0.25) is 4.79 Å². The second kappa shape index (κ2) is 11.2. The zero-order chi connectivity index (χ0) is 27.7. The molecular formula is C28H42N6O3S. The van der Waals surface area contributed by atoms with Crippen LogP contribution < -0.4 is 15.5 Å². The molecule has 1 aromatic carbocycles. The molecule has 1 saturated carbocycles. The Kier molecular flexibility index (Phi) is 8.32. The van der Waals surface area contributed by atoms with E-state index in [-0.39, 0.29) is 28.3 Å². The molecule has 2 aromatic rings. The number of aromatic nitrogens is 2. The van der Waals surface area contributed by atoms with Gasteiger partial charge < -0.3 is 15.5 Å². The summed E-state index contributed by atoms with van der Waals surface area (Å²) in [4.78, 5) is 24.4. The SMILES string of the molecule is Cc1nc(NC2CCC(NC(=O)[C@@H]3CCCN3S(=O)(=O)c3ccc(C(C)(C)C)cc3)CC2)cc(N(C)C)n1. The van der Waals surface area contributed by atoms with Crippen molar-refractivity contribution in [2.45, 2.75) is 94.7 Å². The average Bonchev–Trinajstić information content (AvgIpc) is 3.36. The average molecular weight is 543 g/mol. The van der Waals surface area contributed by atoms with Crippen molar-refractivity contribution in [3.63, 3.8) is 0 Å². The fourth-order valence-electron chi connectivity index (χ4n) is 5.30. The molecule has 0 bridgehead atoms. The molecule has 10 heteroatoms. The van der Waals surface area contributed by atoms with Crippen LogP contribution in [-0.4, -0.2) is 67.4 Å². The van der Waals surface area contributed by atoms with Crippen molar-refractivity contribution in [1.29, 1.82) is 0 Å². The second-order valence-electron chi connectivity index (χ2n) is 11.8. The largest absolute Gasteiger partial charge is 0.367 e. The van der Waals surface area contributed by atoms with Crippen molar-refractivity contribution in [1.82, 2.24) is 19.6 Å². The van der Waals surface area contributed by atoms with E-state index in [0.717, 1.165) is 48.7 Å². The van der Waals surface area contributed by atoms with E-state index < -0.39 is 16.1 Å². The van der Waals surface area contributed by atoms with Crippen LogP contribution in [0.2, 0.25) is 0 Å². The minimum absolute atomic E-state index is 0.0428. The maximum atomic E-state index is 13.4. The van der Waals surface area contributed by atoms with Gasteiger partial charge >= 0.3 is 0 Å². The first-order valence-corrected chi connectivity index (χ1v) is 15.0. The number of hydrogen-bond donors (Lipinski definition) is 2. The first kappa shape index (κ1) is 28.3. The van der Waals surface area contributed by atoms with Gasteiger partial charge in [-0.2, -0.15) is 4.31 Å². The van der Waals surface area contributed by atoms with Gasteiger partial charge in [0.25, 0.3) is 0 Å². The zero-order valence-corrected chi connectivity index (χ0v) is 24.3. The van der Waals surface area contributed by atoms with Crippen LogP contribution >= 0.6 is 0 Å². The summed E-state index contributed by atoms with van der Waals surface area (Å²) in [5.41, 5.74) is 1.01. The Hall–Kier alpha value is -2.72. The lowest BCUT2D eigenvalue weighted by molar-refractivity contribution is -0.125. The minimum Gasteiger partial charge on any atom is -0.367 e. The van der Waals surface area contributed by atoms with Crippen molar-refractivity contribution < 1.29 is 13.2 Å². The molecule has 0 unspecified atom stereocenters. The highest BCUT2D eigenvalue weighted by molar-refractivity contribution is 7.89. The van der Waals surface area contributed by atoms with Crippen LogP contribution in [-0.2, 0) is 20.2 Å². The zero-order valence-electron chi connectivity index (χ0n) is 23.5. The van der Waals surface area contributed by atoms with Crippen LogP contribution in [0, 0.1) is 6.92 Å². The van der Waals surface area contributed by atoms with Gasteiger partial charge in [-0.1, -0.05) is 32.9 Å². The molecule has 2 N–H and O–H groups in total. The fraction of sp³-hybridized carbons (Fsp3) is 0.607. The highest BCUT2D eigenvalue weighted by atomic mass is 32.2. The monoisotopic (exact) mass is 542 g/mol. The van der Waals surface area contributed by atoms with E-state index >= 15 is 0 Å². The lowest BCUT2D eigenvalue weighted by Gasteiger charge is -2.32. The molecule has 1 atom stereocenters. The van der Waals surface area contributed by atoms with E-state index in [1.54, 1.807) is 12.1 Å². The highest BCUT2D eigenvalue weighted by Gasteiger charge is 2.40. The molecule has 1 aliphatic carbocycles. The van der Waals surface area contributed by atoms with E-state index in [1.165, 1.54) is 4.31 Å². The van der Waals surface area contributed by atoms with E-state index in [1.807, 2.05) is 44.1 Å². The molecule has 38 heavy (non-hydrogen) atoms. The summed E-state index contributed by atoms with van der Waals surface area (Å²) in [6, 6.07) is 8.67. The summed E-state index contributed by atoms with van der Waals surface area (Å²) < 4.78 is 28.3. The molecule has 1 saturated heterocycles. The third-order valence-electron chi connectivity index (χ3n) is 7.54. The summed E-state index contributed by atoms with van der Waals surface area (Å²) >= 11 is 0. The molecule has 2 aliphatic rings. The third-order valence-corrected chi connectivity index (χ3v) is 9.46. The van der Waals surface area contributed by atoms with Crippen LogP contribution in [0.3, 0.4) is 0 Å². The van der Waals surface area contributed by atoms with Gasteiger partial charge in [-0.05, 0) is 68.6 Å². The molecule has 0 radical (unpaired) electrons. The number of nitrogens with zero attached hydrogens (tertiary/aromatic N) is 4. The Morgan fingerprint density at radius 1 is 1.00 bits per heavy atom. The molecule has 0 spiro atoms. The van der Waals surface area contributed by atoms with Gasteiger partial charge in [0, 0.05) is 38.8 Å². The van der Waals surface area contributed by atoms with E-state index in [2.05, 4.69) is 41.4 Å². The van der Waals surface area contributed by atoms with Crippen LogP contribution in [0.25, 0.3) is 0 Å². The minimum atomic E-state index is -3.75. The van der Waals surface area contributed by atoms with Gasteiger partial charge in [-0.15, -0.1) is 0 Å². The smallest absolute Gasteiger partial charge is 0.243 e. The molecule has 2 fully saturated rings. The van der Waals surface area contributed by atoms with Crippen molar-refractivity contribution in [3.05, 3.63) is 41.7 Å². The number of rotatable bonds is 7. The maximum Gasteiger partial charge on any atom is 0.243 e. The van der Waals surface area contributed by atoms with Crippen LogP contribution in [0.1, 0.15) is 70.7 Å². The van der Waals surface area contributed by atoms with Crippen molar-refractivity contribution >= 4 is 27.6 Å². The number of aryl methyl sites for hydroxylation is 1. The quantitative estimate of drug-likeness (QED) is 0.547. The number of anilines is 2. The molecule has 2 heterocycles. The Morgan fingerprint density at radius 3 is 2.24 bits per heavy atom. The predicted octanol–water partition coefficient (Wildman–Crippen LogP) is 3.84. The Labute approximate surface area is 227 Å². The lowest BCUT2D eigenvalue weighted by Crippen LogP contribution is -2.50. The summed E-state index contributed by atoms with van der Waals surface area (Å²) in [6.45, 7) is 8.54. The van der Waals surface area contributed by atoms with Gasteiger partial charge in [0.1, 0.15) is 23.5 Å². The topological polar surface area (TPSA) is 108 Å². The molecule has 1 aliphatic heterocycles. The lowest BCUT2D eigenvalue weighted by atomic mass is 9.87. The van der Waals surface area contributed by atoms with Gasteiger partial charge in [0.05, 0.1) is 4.90 Å². The van der Waals surface area contributed by atoms with Crippen LogP contribution in [0.4, 0.5) is 11.6 Å². The molecule has 4 rings (SSSR count). The number of nitrogens with one attached hydrogen (secondary N) is 2. The number of sulfonamides is 1. The van der Waals surface area contributed by atoms with Gasteiger partial charge in [0.15, 0.2) is 0 Å². The van der Waals surface area contributed by atoms with E-state index in [4.69, 9.17) is 0 Å². The Bertz CT molecular complexity index is 1230. The number of carbonyl (C=O) groups is 1. The summed E-state index contributed by atoms with van der Waals surface area (Å²) in [5.74, 6) is 2.22. The Balaban J connectivity index is 1.34. The Morgan fingerprint density at radius 2 is 1.63 bits per heavy atom. The van der Waals surface area contributed by atoms with Crippen LogP contribution in [0.15, 0.2) is 35.2 Å². The fourth-order valence-corrected chi connectivity index (χ4v) is 6.95. The maximum absolute atomic E-state index is 13.4. The molecule has 9 nitrogen and oxygen atoms in total. The van der Waals surface area contributed by atoms with E-state index in [0.29, 0.717) is 19.4 Å². The van der Waals surface area contributed by atoms with Crippen molar-refractivity contribution in [2.24, 2.45) is 0 Å². The number of benzene rings is 1. The van der Waals surface area contributed by atoms with Gasteiger partial charge in [-0.25, -0.2) is 18.4 Å². The normalized spacial score (nSPS) is 22.7. The summed E-state index contributed by atoms with van der Waals surface area (Å²) in [5, 5.41) is 6.68. The summed E-state index contributed by atoms with van der Waals surface area (Å²) in [6.07, 6.45) is 4.70. The van der Waals surface area contributed by atoms with Crippen molar-refractivity contribution in [3.8, 4) is 0 Å². The number of carbonyl (C=O) groups excluding carboxylic acids is 1. The standard InChI is InChI=1S/C28H42N6O3S/c1-19-29-25(18-26(30-19)33(5)6)31-21-11-13-22(14-12-21)32-27(35)24-8-7-17-34(24)38(36,37)23-15-9-20(10-16-23)28(2,3)4/h9-10,15-16,18,21-22,24H,7-8,11-14,17H2,1-6H3,(H,32,35)(H,29,30,31)/t21?,22?,24-/m0/s1. The number of hydrogen-bond acceptors (Lipinski definition) is 7. The molecule has 208 valence electrons. The molecule has 1 amide bonds. The summed E-state index contributed by atoms with van der Waals surface area (Å²) in [7, 11) is 0.169. The molecule has 1 aromatic heterocycles. The van der Waals surface area contributed by atoms with Crippen molar-refractivity contribution in [2.75, 3.05) is 30.9 Å². The molecular weight excluding hydrogens is 500 g/mol. The number of amides is 1. The second-order valence-corrected chi connectivity index (χ2v) is 13.7. The van der Waals surface area contributed by atoms with Gasteiger partial charge in [0.2, 0.25) is 15.9 Å². The van der Waals surface area contributed by atoms with E-state index in [9.17, 15) is 13.2 Å².